The molecule has 2 rings (SSSR count). The third kappa shape index (κ3) is 3.27. The van der Waals surface area contributed by atoms with E-state index in [4.69, 9.17) is 11.6 Å². The topological polar surface area (TPSA) is 18.5 Å². The molecule has 1 saturated heterocycles. The molecule has 0 aromatic heterocycles. The van der Waals surface area contributed by atoms with Crippen LogP contribution in [-0.2, 0) is 6.54 Å². The van der Waals surface area contributed by atoms with E-state index in [1.54, 1.807) is 0 Å². The highest BCUT2D eigenvalue weighted by Crippen LogP contribution is 2.33. The molecule has 20 heavy (non-hydrogen) atoms. The number of halogens is 1. The second-order valence-electron chi connectivity index (χ2n) is 5.39. The van der Waals surface area contributed by atoms with Gasteiger partial charge in [-0.25, -0.2) is 0 Å². The highest BCUT2D eigenvalue weighted by Gasteiger charge is 2.28. The summed E-state index contributed by atoms with van der Waals surface area (Å²) in [5.74, 6) is 0. The maximum absolute atomic E-state index is 6.46. The van der Waals surface area contributed by atoms with Crippen LogP contribution in [0.3, 0.4) is 0 Å². The van der Waals surface area contributed by atoms with Gasteiger partial charge in [-0.3, -0.25) is 4.90 Å². The number of hydrogen-bond acceptors (Lipinski definition) is 3. The van der Waals surface area contributed by atoms with E-state index in [2.05, 4.69) is 35.0 Å². The molecule has 1 aromatic rings. The first kappa shape index (κ1) is 15.6. The van der Waals surface area contributed by atoms with Crippen LogP contribution in [0.1, 0.15) is 25.8 Å². The fraction of sp³-hybridized carbons (Fsp3) is 0.625. The van der Waals surface area contributed by atoms with E-state index in [0.29, 0.717) is 6.04 Å². The number of rotatable bonds is 6. The van der Waals surface area contributed by atoms with Crippen LogP contribution in [-0.4, -0.2) is 44.2 Å². The normalized spacial score (nSPS) is 19.1. The van der Waals surface area contributed by atoms with Gasteiger partial charge in [-0.15, -0.1) is 0 Å². The number of anilines is 1. The van der Waals surface area contributed by atoms with E-state index < -0.39 is 0 Å². The Hall–Kier alpha value is -0.770. The Labute approximate surface area is 127 Å². The van der Waals surface area contributed by atoms with Crippen LogP contribution < -0.4 is 10.2 Å². The molecule has 0 saturated carbocycles. The molecule has 0 amide bonds. The maximum Gasteiger partial charge on any atom is 0.0642 e. The number of likely N-dealkylation sites (N-methyl/N-ethyl adjacent to an activating group) is 1. The molecule has 112 valence electrons. The number of nitrogens with zero attached hydrogens (tertiary/aromatic N) is 2. The SMILES string of the molecule is CCN(CC)C1CCN(c2c(Cl)cccc2CNC)C1. The van der Waals surface area contributed by atoms with Gasteiger partial charge in [0.15, 0.2) is 0 Å². The molecular weight excluding hydrogens is 270 g/mol. The van der Waals surface area contributed by atoms with Crippen molar-refractivity contribution < 1.29 is 0 Å². The lowest BCUT2D eigenvalue weighted by atomic mass is 10.1. The van der Waals surface area contributed by atoms with Gasteiger partial charge in [0.1, 0.15) is 0 Å². The van der Waals surface area contributed by atoms with Gasteiger partial charge in [0.05, 0.1) is 10.7 Å². The molecule has 0 bridgehead atoms. The third-order valence-electron chi connectivity index (χ3n) is 4.25. The fourth-order valence-electron chi connectivity index (χ4n) is 3.23. The van der Waals surface area contributed by atoms with E-state index in [1.165, 1.54) is 17.7 Å². The first-order chi connectivity index (χ1) is 9.71. The molecule has 1 atom stereocenters. The Kier molecular flexibility index (Phi) is 5.70. The number of para-hydroxylation sites is 1. The predicted molar refractivity (Wildman–Crippen MR) is 87.8 cm³/mol. The van der Waals surface area contributed by atoms with Crippen molar-refractivity contribution in [3.05, 3.63) is 28.8 Å². The summed E-state index contributed by atoms with van der Waals surface area (Å²) in [6, 6.07) is 6.86. The summed E-state index contributed by atoms with van der Waals surface area (Å²) in [4.78, 5) is 5.01. The second-order valence-corrected chi connectivity index (χ2v) is 5.79. The smallest absolute Gasteiger partial charge is 0.0642 e. The average molecular weight is 296 g/mol. The molecule has 1 heterocycles. The highest BCUT2D eigenvalue weighted by atomic mass is 35.5. The van der Waals surface area contributed by atoms with E-state index in [0.717, 1.165) is 37.7 Å². The lowest BCUT2D eigenvalue weighted by molar-refractivity contribution is 0.232. The molecule has 0 aliphatic carbocycles. The molecule has 1 N–H and O–H groups in total. The summed E-state index contributed by atoms with van der Waals surface area (Å²) in [5.41, 5.74) is 2.51. The molecule has 1 aromatic carbocycles. The van der Waals surface area contributed by atoms with Crippen LogP contribution in [0.5, 0.6) is 0 Å². The first-order valence-corrected chi connectivity index (χ1v) is 8.00. The fourth-order valence-corrected chi connectivity index (χ4v) is 3.54. The Balaban J connectivity index is 2.17. The molecule has 3 nitrogen and oxygen atoms in total. The van der Waals surface area contributed by atoms with Gasteiger partial charge in [0, 0.05) is 25.7 Å². The molecule has 1 fully saturated rings. The molecule has 1 aliphatic rings. The van der Waals surface area contributed by atoms with E-state index in [9.17, 15) is 0 Å². The molecule has 0 spiro atoms. The van der Waals surface area contributed by atoms with Crippen molar-refractivity contribution >= 4 is 17.3 Å². The van der Waals surface area contributed by atoms with E-state index >= 15 is 0 Å². The Morgan fingerprint density at radius 2 is 2.10 bits per heavy atom. The molecule has 1 aliphatic heterocycles. The van der Waals surface area contributed by atoms with Crippen LogP contribution in [0, 0.1) is 0 Å². The first-order valence-electron chi connectivity index (χ1n) is 7.62. The van der Waals surface area contributed by atoms with Gasteiger partial charge in [0.2, 0.25) is 0 Å². The standard InChI is InChI=1S/C16H26ClN3/c1-4-19(5-2)14-9-10-20(12-14)16-13(11-18-3)7-6-8-15(16)17/h6-8,14,18H,4-5,9-12H2,1-3H3. The summed E-state index contributed by atoms with van der Waals surface area (Å²) in [5, 5.41) is 4.11. The largest absolute Gasteiger partial charge is 0.368 e. The predicted octanol–water partition coefficient (Wildman–Crippen LogP) is 2.98. The molecule has 1 unspecified atom stereocenters. The summed E-state index contributed by atoms with van der Waals surface area (Å²) in [7, 11) is 1.98. The van der Waals surface area contributed by atoms with E-state index in [-0.39, 0.29) is 0 Å². The van der Waals surface area contributed by atoms with Crippen LogP contribution in [0.25, 0.3) is 0 Å². The lowest BCUT2D eigenvalue weighted by Gasteiger charge is -2.28. The van der Waals surface area contributed by atoms with Crippen LogP contribution in [0.2, 0.25) is 5.02 Å². The Morgan fingerprint density at radius 3 is 2.75 bits per heavy atom. The third-order valence-corrected chi connectivity index (χ3v) is 4.55. The number of nitrogens with one attached hydrogen (secondary N) is 1. The van der Waals surface area contributed by atoms with Crippen LogP contribution >= 0.6 is 11.6 Å². The maximum atomic E-state index is 6.46. The Bertz CT molecular complexity index is 432. The zero-order chi connectivity index (χ0) is 14.5. The summed E-state index contributed by atoms with van der Waals surface area (Å²) in [6.07, 6.45) is 1.23. The van der Waals surface area contributed by atoms with Gasteiger partial charge in [-0.1, -0.05) is 37.6 Å². The van der Waals surface area contributed by atoms with Gasteiger partial charge in [-0.05, 0) is 38.2 Å². The van der Waals surface area contributed by atoms with Gasteiger partial charge in [0.25, 0.3) is 0 Å². The quantitative estimate of drug-likeness (QED) is 0.870. The van der Waals surface area contributed by atoms with Crippen molar-refractivity contribution in [3.8, 4) is 0 Å². The highest BCUT2D eigenvalue weighted by molar-refractivity contribution is 6.33. The van der Waals surface area contributed by atoms with Gasteiger partial charge < -0.3 is 10.2 Å². The zero-order valence-corrected chi connectivity index (χ0v) is 13.6. The Morgan fingerprint density at radius 1 is 1.35 bits per heavy atom. The molecule has 0 radical (unpaired) electrons. The van der Waals surface area contributed by atoms with Gasteiger partial charge in [-0.2, -0.15) is 0 Å². The minimum absolute atomic E-state index is 0.656. The van der Waals surface area contributed by atoms with Crippen molar-refractivity contribution in [2.75, 3.05) is 38.1 Å². The summed E-state index contributed by atoms with van der Waals surface area (Å²) < 4.78 is 0. The number of hydrogen-bond donors (Lipinski definition) is 1. The van der Waals surface area contributed by atoms with Crippen molar-refractivity contribution in [1.82, 2.24) is 10.2 Å². The minimum atomic E-state index is 0.656. The van der Waals surface area contributed by atoms with Crippen molar-refractivity contribution in [2.45, 2.75) is 32.9 Å². The second kappa shape index (κ2) is 7.30. The van der Waals surface area contributed by atoms with Crippen molar-refractivity contribution in [1.29, 1.82) is 0 Å². The van der Waals surface area contributed by atoms with Gasteiger partial charge >= 0.3 is 0 Å². The van der Waals surface area contributed by atoms with E-state index in [1.807, 2.05) is 19.2 Å². The van der Waals surface area contributed by atoms with Crippen LogP contribution in [0.4, 0.5) is 5.69 Å². The molecule has 4 heteroatoms. The zero-order valence-electron chi connectivity index (χ0n) is 12.8. The van der Waals surface area contributed by atoms with Crippen molar-refractivity contribution in [3.63, 3.8) is 0 Å². The lowest BCUT2D eigenvalue weighted by Crippen LogP contribution is -2.37. The number of benzene rings is 1. The molecular formula is C16H26ClN3. The summed E-state index contributed by atoms with van der Waals surface area (Å²) in [6.45, 7) is 9.79. The van der Waals surface area contributed by atoms with Crippen molar-refractivity contribution in [2.24, 2.45) is 0 Å². The minimum Gasteiger partial charge on any atom is -0.368 e. The summed E-state index contributed by atoms with van der Waals surface area (Å²) >= 11 is 6.46. The monoisotopic (exact) mass is 295 g/mol. The average Bonchev–Trinajstić information content (AvgIpc) is 2.90. The van der Waals surface area contributed by atoms with Crippen LogP contribution in [0.15, 0.2) is 18.2 Å².